The van der Waals surface area contributed by atoms with Crippen LogP contribution in [0.3, 0.4) is 0 Å². The van der Waals surface area contributed by atoms with Crippen molar-refractivity contribution in [1.82, 2.24) is 0 Å². The summed E-state index contributed by atoms with van der Waals surface area (Å²) in [4.78, 5) is 36.0. The molecule has 1 heterocycles. The molecule has 1 aromatic rings. The second-order valence-electron chi connectivity index (χ2n) is 5.27. The number of methoxy groups -OCH3 is 2. The molecule has 0 aliphatic carbocycles. The molecule has 1 fully saturated rings. The van der Waals surface area contributed by atoms with Gasteiger partial charge in [0.2, 0.25) is 0 Å². The predicted molar refractivity (Wildman–Crippen MR) is 75.8 cm³/mol. The van der Waals surface area contributed by atoms with Crippen LogP contribution in [-0.2, 0) is 28.6 Å². The monoisotopic (exact) mass is 306 g/mol. The summed E-state index contributed by atoms with van der Waals surface area (Å²) in [6, 6.07) is 5.57. The summed E-state index contributed by atoms with van der Waals surface area (Å²) in [5, 5.41) is 0. The van der Waals surface area contributed by atoms with Crippen LogP contribution in [0.15, 0.2) is 18.2 Å². The summed E-state index contributed by atoms with van der Waals surface area (Å²) < 4.78 is 14.7. The molecule has 0 radical (unpaired) electrons. The number of cyclic esters (lactones) is 1. The van der Waals surface area contributed by atoms with Crippen LogP contribution in [0.5, 0.6) is 0 Å². The maximum absolute atomic E-state index is 12.1. The Balaban J connectivity index is 2.48. The molecule has 0 aromatic heterocycles. The summed E-state index contributed by atoms with van der Waals surface area (Å²) in [5.74, 6) is -4.60. The third-order valence-electron chi connectivity index (χ3n) is 3.84. The number of benzene rings is 1. The largest absolute Gasteiger partial charge is 0.469 e. The number of carbonyl (C=O) groups is 3. The molecule has 0 amide bonds. The Morgan fingerprint density at radius 3 is 2.27 bits per heavy atom. The van der Waals surface area contributed by atoms with Gasteiger partial charge in [0.1, 0.15) is 12.0 Å². The standard InChI is InChI=1S/C16H18O6/c1-8-5-6-10(9(2)7-8)13-11(14(17)20-3)12(15(18)21-4)16(19)22-13/h5-7,11-13H,1-4H3/t11-,12+,13+/m0/s1. The van der Waals surface area contributed by atoms with Crippen molar-refractivity contribution in [2.45, 2.75) is 20.0 Å². The number of hydrogen-bond acceptors (Lipinski definition) is 6. The number of esters is 3. The molecular weight excluding hydrogens is 288 g/mol. The molecule has 118 valence electrons. The van der Waals surface area contributed by atoms with Crippen molar-refractivity contribution >= 4 is 17.9 Å². The normalized spacial score (nSPS) is 23.8. The lowest BCUT2D eigenvalue weighted by atomic mass is 9.85. The fourth-order valence-electron chi connectivity index (χ4n) is 2.76. The summed E-state index contributed by atoms with van der Waals surface area (Å²) in [7, 11) is 2.37. The van der Waals surface area contributed by atoms with Crippen LogP contribution in [0.1, 0.15) is 22.8 Å². The van der Waals surface area contributed by atoms with Gasteiger partial charge in [-0.3, -0.25) is 14.4 Å². The van der Waals surface area contributed by atoms with Gasteiger partial charge in [-0.2, -0.15) is 0 Å². The van der Waals surface area contributed by atoms with Crippen LogP contribution in [0.2, 0.25) is 0 Å². The van der Waals surface area contributed by atoms with Crippen LogP contribution >= 0.6 is 0 Å². The summed E-state index contributed by atoms with van der Waals surface area (Å²) in [6.07, 6.45) is -0.857. The lowest BCUT2D eigenvalue weighted by molar-refractivity contribution is -0.159. The first-order chi connectivity index (χ1) is 10.4. The van der Waals surface area contributed by atoms with E-state index in [0.29, 0.717) is 5.56 Å². The highest BCUT2D eigenvalue weighted by atomic mass is 16.6. The van der Waals surface area contributed by atoms with Gasteiger partial charge in [-0.1, -0.05) is 23.8 Å². The third kappa shape index (κ3) is 2.68. The van der Waals surface area contributed by atoms with Gasteiger partial charge in [-0.25, -0.2) is 0 Å². The Morgan fingerprint density at radius 2 is 1.73 bits per heavy atom. The predicted octanol–water partition coefficient (Wildman–Crippen LogP) is 1.48. The van der Waals surface area contributed by atoms with Crippen LogP contribution in [0.4, 0.5) is 0 Å². The molecular formula is C16H18O6. The lowest BCUT2D eigenvalue weighted by Crippen LogP contribution is -2.33. The van der Waals surface area contributed by atoms with E-state index in [4.69, 9.17) is 9.47 Å². The average molecular weight is 306 g/mol. The van der Waals surface area contributed by atoms with E-state index in [1.807, 2.05) is 26.0 Å². The van der Waals surface area contributed by atoms with Crippen molar-refractivity contribution in [3.63, 3.8) is 0 Å². The van der Waals surface area contributed by atoms with Crippen molar-refractivity contribution in [3.8, 4) is 0 Å². The minimum atomic E-state index is -1.30. The SMILES string of the molecule is COC(=O)[C@@H]1C(=O)O[C@H](c2ccc(C)cc2C)[C@H]1C(=O)OC. The average Bonchev–Trinajstić information content (AvgIpc) is 2.82. The maximum atomic E-state index is 12.1. The number of aryl methyl sites for hydroxylation is 2. The molecule has 6 heteroatoms. The zero-order valence-corrected chi connectivity index (χ0v) is 12.9. The topological polar surface area (TPSA) is 78.9 Å². The Hall–Kier alpha value is -2.37. The molecule has 0 saturated carbocycles. The molecule has 1 aliphatic heterocycles. The smallest absolute Gasteiger partial charge is 0.322 e. The number of carbonyl (C=O) groups excluding carboxylic acids is 3. The Labute approximate surface area is 128 Å². The van der Waals surface area contributed by atoms with Crippen molar-refractivity contribution < 1.29 is 28.6 Å². The van der Waals surface area contributed by atoms with Crippen LogP contribution in [0.25, 0.3) is 0 Å². The first-order valence-corrected chi connectivity index (χ1v) is 6.84. The van der Waals surface area contributed by atoms with E-state index in [-0.39, 0.29) is 0 Å². The molecule has 1 aliphatic rings. The van der Waals surface area contributed by atoms with Crippen LogP contribution in [-0.4, -0.2) is 32.1 Å². The van der Waals surface area contributed by atoms with Gasteiger partial charge in [-0.15, -0.1) is 0 Å². The molecule has 1 aromatic carbocycles. The Kier molecular flexibility index (Phi) is 4.49. The van der Waals surface area contributed by atoms with Crippen molar-refractivity contribution in [1.29, 1.82) is 0 Å². The van der Waals surface area contributed by atoms with Gasteiger partial charge in [-0.05, 0) is 25.0 Å². The van der Waals surface area contributed by atoms with E-state index in [0.717, 1.165) is 18.2 Å². The van der Waals surface area contributed by atoms with Gasteiger partial charge in [0.05, 0.1) is 14.2 Å². The molecule has 0 N–H and O–H groups in total. The van der Waals surface area contributed by atoms with Gasteiger partial charge in [0, 0.05) is 0 Å². The molecule has 2 rings (SSSR count). The summed E-state index contributed by atoms with van der Waals surface area (Å²) in [6.45, 7) is 3.79. The molecule has 0 bridgehead atoms. The van der Waals surface area contributed by atoms with Crippen molar-refractivity contribution in [2.75, 3.05) is 14.2 Å². The van der Waals surface area contributed by atoms with Gasteiger partial charge in [0.25, 0.3) is 0 Å². The van der Waals surface area contributed by atoms with E-state index in [9.17, 15) is 14.4 Å². The van der Waals surface area contributed by atoms with E-state index < -0.39 is 35.8 Å². The van der Waals surface area contributed by atoms with Gasteiger partial charge in [0.15, 0.2) is 5.92 Å². The maximum Gasteiger partial charge on any atom is 0.322 e. The first-order valence-electron chi connectivity index (χ1n) is 6.84. The fraction of sp³-hybridized carbons (Fsp3) is 0.438. The second kappa shape index (κ2) is 6.17. The van der Waals surface area contributed by atoms with Crippen molar-refractivity contribution in [3.05, 3.63) is 34.9 Å². The second-order valence-corrected chi connectivity index (χ2v) is 5.27. The molecule has 0 unspecified atom stereocenters. The quantitative estimate of drug-likeness (QED) is 0.478. The first kappa shape index (κ1) is 16.0. The van der Waals surface area contributed by atoms with Crippen LogP contribution < -0.4 is 0 Å². The van der Waals surface area contributed by atoms with Gasteiger partial charge >= 0.3 is 17.9 Å². The molecule has 0 spiro atoms. The number of rotatable bonds is 3. The number of ether oxygens (including phenoxy) is 3. The highest BCUT2D eigenvalue weighted by molar-refractivity contribution is 6.01. The zero-order valence-electron chi connectivity index (χ0n) is 12.9. The van der Waals surface area contributed by atoms with Crippen LogP contribution in [0, 0.1) is 25.7 Å². The van der Waals surface area contributed by atoms with E-state index in [1.54, 1.807) is 6.07 Å². The van der Waals surface area contributed by atoms with E-state index in [1.165, 1.54) is 7.11 Å². The highest BCUT2D eigenvalue weighted by Crippen LogP contribution is 2.41. The highest BCUT2D eigenvalue weighted by Gasteiger charge is 2.54. The Morgan fingerprint density at radius 1 is 1.09 bits per heavy atom. The Bertz CT molecular complexity index is 621. The minimum Gasteiger partial charge on any atom is -0.469 e. The summed E-state index contributed by atoms with van der Waals surface area (Å²) in [5.41, 5.74) is 2.60. The number of hydrogen-bond donors (Lipinski definition) is 0. The third-order valence-corrected chi connectivity index (χ3v) is 3.84. The van der Waals surface area contributed by atoms with E-state index in [2.05, 4.69) is 4.74 Å². The fourth-order valence-corrected chi connectivity index (χ4v) is 2.76. The summed E-state index contributed by atoms with van der Waals surface area (Å²) >= 11 is 0. The molecule has 1 saturated heterocycles. The minimum absolute atomic E-state index is 0.675. The van der Waals surface area contributed by atoms with Crippen molar-refractivity contribution in [2.24, 2.45) is 11.8 Å². The lowest BCUT2D eigenvalue weighted by Gasteiger charge is -2.19. The van der Waals surface area contributed by atoms with E-state index >= 15 is 0 Å². The van der Waals surface area contributed by atoms with Gasteiger partial charge < -0.3 is 14.2 Å². The molecule has 6 nitrogen and oxygen atoms in total. The molecule has 3 atom stereocenters. The zero-order chi connectivity index (χ0) is 16.4. The molecule has 22 heavy (non-hydrogen) atoms.